The molecule has 0 bridgehead atoms. The molecule has 0 saturated carbocycles. The number of thiazole rings is 1. The van der Waals surface area contributed by atoms with Crippen LogP contribution in [0.1, 0.15) is 121 Å². The third kappa shape index (κ3) is 13.3. The molecule has 2 N–H and O–H groups in total. The van der Waals surface area contributed by atoms with Crippen molar-refractivity contribution in [2.75, 3.05) is 20.6 Å². The minimum absolute atomic E-state index is 0. The van der Waals surface area contributed by atoms with E-state index in [1.807, 2.05) is 89.3 Å². The molecule has 4 rings (SSSR count). The summed E-state index contributed by atoms with van der Waals surface area (Å²) in [5, 5.41) is 14.7. The number of rotatable bonds is 20. The summed E-state index contributed by atoms with van der Waals surface area (Å²) in [7, 11) is 3.74. The molecule has 2 amide bonds. The van der Waals surface area contributed by atoms with E-state index >= 15 is 0 Å². The number of amides is 2. The molecule has 1 aliphatic rings. The number of esters is 1. The van der Waals surface area contributed by atoms with Crippen molar-refractivity contribution < 1.29 is 33.8 Å². The largest absolute Gasteiger partial charge is 0.481 e. The lowest BCUT2D eigenvalue weighted by Crippen LogP contribution is -2.48. The summed E-state index contributed by atoms with van der Waals surface area (Å²) >= 11 is 1.19. The highest BCUT2D eigenvalue weighted by Gasteiger charge is 2.37. The topological polar surface area (TPSA) is 146 Å². The fourth-order valence-electron chi connectivity index (χ4n) is 7.84. The van der Waals surface area contributed by atoms with E-state index in [9.17, 15) is 29.1 Å². The van der Waals surface area contributed by atoms with E-state index in [0.29, 0.717) is 11.4 Å². The molecule has 318 valence electrons. The van der Waals surface area contributed by atoms with Crippen molar-refractivity contribution in [1.82, 2.24) is 20.1 Å². The number of ether oxygens (including phenoxy) is 1. The van der Waals surface area contributed by atoms with Crippen molar-refractivity contribution in [1.29, 1.82) is 0 Å². The summed E-state index contributed by atoms with van der Waals surface area (Å²) in [5.41, 5.74) is 3.22. The van der Waals surface area contributed by atoms with Crippen LogP contribution in [-0.4, -0.2) is 88.2 Å². The first-order valence-corrected chi connectivity index (χ1v) is 21.3. The zero-order valence-electron chi connectivity index (χ0n) is 34.9. The minimum atomic E-state index is -0.948. The first-order chi connectivity index (χ1) is 27.1. The summed E-state index contributed by atoms with van der Waals surface area (Å²) in [5.74, 6) is -3.14. The number of Topliss-reactive ketones (excluding diaryl/α,β-unsaturated/α-hetero) is 1. The Bertz CT molecular complexity index is 1800. The van der Waals surface area contributed by atoms with E-state index in [-0.39, 0.29) is 68.0 Å². The quantitative estimate of drug-likeness (QED) is 0.107. The second kappa shape index (κ2) is 22.7. The lowest BCUT2D eigenvalue weighted by atomic mass is 9.83. The second-order valence-electron chi connectivity index (χ2n) is 16.2. The molecule has 3 aromatic rings. The summed E-state index contributed by atoms with van der Waals surface area (Å²) in [6.45, 7) is 11.9. The summed E-state index contributed by atoms with van der Waals surface area (Å²) < 4.78 is 5.82. The molecular formula is C46H66N4O7S. The van der Waals surface area contributed by atoms with Crippen LogP contribution in [-0.2, 0) is 30.3 Å². The van der Waals surface area contributed by atoms with E-state index in [1.54, 1.807) is 24.3 Å². The van der Waals surface area contributed by atoms with Crippen LogP contribution in [0, 0.1) is 23.7 Å². The van der Waals surface area contributed by atoms with Crippen LogP contribution < -0.4 is 5.32 Å². The highest BCUT2D eigenvalue weighted by atomic mass is 32.1. The number of piperidine rings is 1. The zero-order chi connectivity index (χ0) is 41.8. The Kier molecular flexibility index (Phi) is 18.7. The zero-order valence-corrected chi connectivity index (χ0v) is 35.7. The van der Waals surface area contributed by atoms with Crippen LogP contribution in [0.3, 0.4) is 0 Å². The van der Waals surface area contributed by atoms with E-state index in [1.165, 1.54) is 18.3 Å². The molecule has 1 aliphatic heterocycles. The van der Waals surface area contributed by atoms with Gasteiger partial charge in [0.15, 0.2) is 11.9 Å². The number of ketones is 1. The van der Waals surface area contributed by atoms with Gasteiger partial charge in [0.25, 0.3) is 5.91 Å². The number of aliphatic carboxylic acids is 1. The summed E-state index contributed by atoms with van der Waals surface area (Å²) in [6.07, 6.45) is 3.87. The number of nitrogens with one attached hydrogen (secondary N) is 1. The summed E-state index contributed by atoms with van der Waals surface area (Å²) in [6, 6.07) is 17.0. The number of likely N-dealkylation sites (tertiary alicyclic amines) is 1. The van der Waals surface area contributed by atoms with Crippen molar-refractivity contribution >= 4 is 40.9 Å². The Morgan fingerprint density at radius 2 is 1.64 bits per heavy atom. The van der Waals surface area contributed by atoms with Gasteiger partial charge in [0.05, 0.1) is 12.0 Å². The van der Waals surface area contributed by atoms with E-state index < -0.39 is 41.8 Å². The number of carbonyl (C=O) groups is 5. The van der Waals surface area contributed by atoms with Crippen LogP contribution in [0.15, 0.2) is 60.0 Å². The molecule has 11 nitrogen and oxygen atoms in total. The van der Waals surface area contributed by atoms with E-state index in [4.69, 9.17) is 4.74 Å². The average Bonchev–Trinajstić information content (AvgIpc) is 3.69. The van der Waals surface area contributed by atoms with Crippen molar-refractivity contribution in [3.8, 4) is 11.1 Å². The number of aromatic nitrogens is 1. The molecule has 0 spiro atoms. The highest BCUT2D eigenvalue weighted by Crippen LogP contribution is 2.33. The first kappa shape index (κ1) is 48.0. The lowest BCUT2D eigenvalue weighted by Gasteiger charge is -2.37. The number of hydrogen-bond acceptors (Lipinski definition) is 9. The van der Waals surface area contributed by atoms with Gasteiger partial charge in [-0.25, -0.2) is 4.98 Å². The van der Waals surface area contributed by atoms with Crippen molar-refractivity contribution in [2.45, 2.75) is 125 Å². The molecule has 7 atom stereocenters. The smallest absolute Gasteiger partial charge is 0.306 e. The van der Waals surface area contributed by atoms with Gasteiger partial charge in [-0.2, -0.15) is 0 Å². The fraction of sp³-hybridized carbons (Fsp3) is 0.565. The number of nitrogens with zero attached hydrogens (tertiary/aromatic N) is 3. The summed E-state index contributed by atoms with van der Waals surface area (Å²) in [4.78, 5) is 74.3. The molecule has 1 fully saturated rings. The second-order valence-corrected chi connectivity index (χ2v) is 17.1. The molecular weight excluding hydrogens is 753 g/mol. The maximum Gasteiger partial charge on any atom is 0.306 e. The van der Waals surface area contributed by atoms with Gasteiger partial charge in [-0.15, -0.1) is 11.3 Å². The number of hydrogen-bond donors (Lipinski definition) is 2. The molecule has 12 heteroatoms. The number of carbonyl (C=O) groups excluding carboxylic acids is 4. The Morgan fingerprint density at radius 1 is 0.983 bits per heavy atom. The van der Waals surface area contributed by atoms with Gasteiger partial charge in [0.2, 0.25) is 5.91 Å². The first-order valence-electron chi connectivity index (χ1n) is 20.4. The monoisotopic (exact) mass is 818 g/mol. The Morgan fingerprint density at radius 3 is 2.22 bits per heavy atom. The molecule has 0 radical (unpaired) electrons. The fourth-order valence-corrected chi connectivity index (χ4v) is 8.68. The highest BCUT2D eigenvalue weighted by molar-refractivity contribution is 7.09. The van der Waals surface area contributed by atoms with Gasteiger partial charge < -0.3 is 20.1 Å². The van der Waals surface area contributed by atoms with Gasteiger partial charge >= 0.3 is 11.9 Å². The molecule has 2 aromatic carbocycles. The third-order valence-corrected chi connectivity index (χ3v) is 12.5. The molecule has 0 aliphatic carbocycles. The number of carboxylic acids is 1. The van der Waals surface area contributed by atoms with Crippen LogP contribution in [0.2, 0.25) is 0 Å². The number of carboxylic acid groups (broad SMARTS) is 1. The number of benzene rings is 2. The van der Waals surface area contributed by atoms with E-state index in [2.05, 4.69) is 15.2 Å². The van der Waals surface area contributed by atoms with Gasteiger partial charge in [-0.1, -0.05) is 109 Å². The van der Waals surface area contributed by atoms with Gasteiger partial charge in [-0.3, -0.25) is 28.9 Å². The lowest BCUT2D eigenvalue weighted by molar-refractivity contribution is -0.149. The minimum Gasteiger partial charge on any atom is -0.481 e. The molecule has 1 saturated heterocycles. The van der Waals surface area contributed by atoms with Crippen molar-refractivity contribution in [2.24, 2.45) is 23.7 Å². The molecule has 2 unspecified atom stereocenters. The van der Waals surface area contributed by atoms with Crippen molar-refractivity contribution in [3.05, 3.63) is 76.2 Å². The Balaban J connectivity index is 0.00000900. The average molecular weight is 819 g/mol. The van der Waals surface area contributed by atoms with E-state index in [0.717, 1.165) is 48.9 Å². The van der Waals surface area contributed by atoms with Gasteiger partial charge in [0, 0.05) is 50.2 Å². The normalized spacial score (nSPS) is 17.5. The number of likely N-dealkylation sites (N-methyl/N-ethyl adjacent to an activating group) is 1. The SMILES string of the molecule is C.CC[C@H](C)C(CC(=O)C1CCCCN1C)C(=O)N(C)[C@H](C[C@@H](OC(C)=O)c1nc(C(=O)N[C@@H](Cc2ccc(-c3ccccc3)cc2)C[C@H](C)C(=O)O)cs1)C(C)C. The third-order valence-electron chi connectivity index (χ3n) is 11.6. The standard InChI is InChI=1S/C45H62N4O7S.CH4/c1-9-29(4)36(25-40(51)38-17-13-14-22-48(38)7)44(53)49(8)39(28(2)3)26-41(56-31(6)50)43-47-37(27-57-43)42(52)46-35(23-30(5)45(54)55)24-32-18-20-34(21-19-32)33-15-11-10-12-16-33;/h10-12,15-16,18-21,27-30,35-36,38-39,41H,9,13-14,17,22-26H2,1-8H3,(H,46,52)(H,54,55);1H4/t29-,30-,35+,36?,38?,39+,41+;/m0./s1. The van der Waals surface area contributed by atoms with Gasteiger partial charge in [0.1, 0.15) is 10.7 Å². The predicted octanol–water partition coefficient (Wildman–Crippen LogP) is 8.48. The maximum atomic E-state index is 14.3. The Hall–Kier alpha value is -4.42. The predicted molar refractivity (Wildman–Crippen MR) is 230 cm³/mol. The van der Waals surface area contributed by atoms with Crippen LogP contribution in [0.25, 0.3) is 11.1 Å². The van der Waals surface area contributed by atoms with Crippen molar-refractivity contribution in [3.63, 3.8) is 0 Å². The molecule has 58 heavy (non-hydrogen) atoms. The van der Waals surface area contributed by atoms with Gasteiger partial charge in [-0.05, 0) is 67.8 Å². The van der Waals surface area contributed by atoms with Crippen LogP contribution in [0.5, 0.6) is 0 Å². The van der Waals surface area contributed by atoms with Crippen LogP contribution in [0.4, 0.5) is 0 Å². The van der Waals surface area contributed by atoms with Crippen LogP contribution >= 0.6 is 11.3 Å². The molecule has 2 heterocycles. The maximum absolute atomic E-state index is 14.3. The Labute approximate surface area is 350 Å². The molecule has 1 aromatic heterocycles.